The summed E-state index contributed by atoms with van der Waals surface area (Å²) in [6.07, 6.45) is 14.5. The van der Waals surface area contributed by atoms with Gasteiger partial charge in [-0.2, -0.15) is 0 Å². The quantitative estimate of drug-likeness (QED) is 0.230. The van der Waals surface area contributed by atoms with Crippen LogP contribution in [0.2, 0.25) is 0 Å². The monoisotopic (exact) mass is 258 g/mol. The van der Waals surface area contributed by atoms with E-state index in [1.54, 1.807) is 0 Å². The van der Waals surface area contributed by atoms with Crippen LogP contribution in [0.3, 0.4) is 0 Å². The number of rotatable bonds is 13. The molecular formula is C14H26S2. The standard InChI is InChI=1S/C14H26S2/c1-3-5-7-9-11-13-15-16-14-12-10-8-6-4-2/h3-4H,1-2,5-14H2. The van der Waals surface area contributed by atoms with Crippen molar-refractivity contribution in [1.82, 2.24) is 0 Å². The van der Waals surface area contributed by atoms with Crippen molar-refractivity contribution in [3.63, 3.8) is 0 Å². The zero-order valence-corrected chi connectivity index (χ0v) is 12.1. The molecule has 0 heterocycles. The summed E-state index contributed by atoms with van der Waals surface area (Å²) in [5.74, 6) is 2.63. The van der Waals surface area contributed by atoms with E-state index < -0.39 is 0 Å². The first kappa shape index (κ1) is 16.2. The van der Waals surface area contributed by atoms with E-state index in [1.165, 1.54) is 62.9 Å². The first-order valence-electron chi connectivity index (χ1n) is 6.38. The van der Waals surface area contributed by atoms with Crippen LogP contribution in [0.1, 0.15) is 51.4 Å². The minimum absolute atomic E-state index is 1.18. The van der Waals surface area contributed by atoms with Gasteiger partial charge in [-0.1, -0.05) is 46.6 Å². The maximum atomic E-state index is 3.73. The molecule has 0 nitrogen and oxygen atoms in total. The van der Waals surface area contributed by atoms with Crippen molar-refractivity contribution in [3.8, 4) is 0 Å². The molecule has 0 aromatic heterocycles. The smallest absolute Gasteiger partial charge is 0.00369 e. The minimum atomic E-state index is 1.18. The van der Waals surface area contributed by atoms with Gasteiger partial charge >= 0.3 is 0 Å². The molecule has 16 heavy (non-hydrogen) atoms. The van der Waals surface area contributed by atoms with E-state index in [0.29, 0.717) is 0 Å². The lowest BCUT2D eigenvalue weighted by atomic mass is 10.2. The fourth-order valence-electron chi connectivity index (χ4n) is 1.37. The summed E-state index contributed by atoms with van der Waals surface area (Å²) in [6.45, 7) is 7.47. The zero-order valence-electron chi connectivity index (χ0n) is 10.5. The summed E-state index contributed by atoms with van der Waals surface area (Å²) >= 11 is 0. The maximum Gasteiger partial charge on any atom is 0.00369 e. The molecular weight excluding hydrogens is 232 g/mol. The topological polar surface area (TPSA) is 0 Å². The molecule has 0 aliphatic rings. The molecule has 94 valence electrons. The average Bonchev–Trinajstić information content (AvgIpc) is 2.31. The molecule has 0 unspecified atom stereocenters. The van der Waals surface area contributed by atoms with Crippen molar-refractivity contribution >= 4 is 21.6 Å². The summed E-state index contributed by atoms with van der Waals surface area (Å²) in [5, 5.41) is 0. The average molecular weight is 258 g/mol. The second-order valence-electron chi connectivity index (χ2n) is 3.92. The van der Waals surface area contributed by atoms with Gasteiger partial charge in [-0.05, 0) is 38.5 Å². The third kappa shape index (κ3) is 14.2. The van der Waals surface area contributed by atoms with Crippen LogP contribution >= 0.6 is 21.6 Å². The van der Waals surface area contributed by atoms with E-state index >= 15 is 0 Å². The Labute approximate surface area is 110 Å². The Morgan fingerprint density at radius 1 is 0.625 bits per heavy atom. The second-order valence-corrected chi connectivity index (χ2v) is 6.62. The lowest BCUT2D eigenvalue weighted by Gasteiger charge is -2.01. The molecule has 0 N–H and O–H groups in total. The number of hydrogen-bond donors (Lipinski definition) is 0. The molecule has 0 aliphatic heterocycles. The van der Waals surface area contributed by atoms with Crippen molar-refractivity contribution in [2.75, 3.05) is 11.5 Å². The molecule has 0 aromatic rings. The van der Waals surface area contributed by atoms with E-state index in [4.69, 9.17) is 0 Å². The molecule has 0 fully saturated rings. The van der Waals surface area contributed by atoms with Crippen LogP contribution in [-0.2, 0) is 0 Å². The summed E-state index contributed by atoms with van der Waals surface area (Å²) in [6, 6.07) is 0. The third-order valence-electron chi connectivity index (χ3n) is 2.36. The van der Waals surface area contributed by atoms with Gasteiger partial charge in [-0.3, -0.25) is 0 Å². The second kappa shape index (κ2) is 15.2. The van der Waals surface area contributed by atoms with Crippen LogP contribution in [0, 0.1) is 0 Å². The summed E-state index contributed by atoms with van der Waals surface area (Å²) < 4.78 is 0. The van der Waals surface area contributed by atoms with Crippen molar-refractivity contribution in [2.24, 2.45) is 0 Å². The molecule has 0 radical (unpaired) electrons. The molecule has 0 bridgehead atoms. The number of hydrogen-bond acceptors (Lipinski definition) is 2. The zero-order chi connectivity index (χ0) is 11.9. The Morgan fingerprint density at radius 2 is 1.06 bits per heavy atom. The van der Waals surface area contributed by atoms with Crippen molar-refractivity contribution in [3.05, 3.63) is 25.3 Å². The van der Waals surface area contributed by atoms with E-state index in [2.05, 4.69) is 13.2 Å². The Bertz CT molecular complexity index is 137. The highest BCUT2D eigenvalue weighted by Gasteiger charge is 1.92. The van der Waals surface area contributed by atoms with Gasteiger partial charge in [0.15, 0.2) is 0 Å². The Morgan fingerprint density at radius 3 is 1.44 bits per heavy atom. The summed E-state index contributed by atoms with van der Waals surface area (Å²) in [4.78, 5) is 0. The lowest BCUT2D eigenvalue weighted by molar-refractivity contribution is 0.735. The molecule has 0 aliphatic carbocycles. The predicted octanol–water partition coefficient (Wildman–Crippen LogP) is 5.86. The number of unbranched alkanes of at least 4 members (excludes halogenated alkanes) is 6. The Kier molecular flexibility index (Phi) is 15.4. The van der Waals surface area contributed by atoms with Crippen LogP contribution in [0.5, 0.6) is 0 Å². The van der Waals surface area contributed by atoms with E-state index in [0.717, 1.165) is 0 Å². The van der Waals surface area contributed by atoms with Gasteiger partial charge in [0.05, 0.1) is 0 Å². The molecule has 0 amide bonds. The van der Waals surface area contributed by atoms with Gasteiger partial charge in [-0.25, -0.2) is 0 Å². The van der Waals surface area contributed by atoms with E-state index in [1.807, 2.05) is 33.7 Å². The molecule has 2 heteroatoms. The Hall–Kier alpha value is 0.180. The first-order chi connectivity index (χ1) is 7.91. The molecule has 0 saturated heterocycles. The van der Waals surface area contributed by atoms with Crippen LogP contribution in [0.4, 0.5) is 0 Å². The molecule has 0 saturated carbocycles. The van der Waals surface area contributed by atoms with Gasteiger partial charge in [-0.15, -0.1) is 13.2 Å². The SMILES string of the molecule is C=CCCCCCSSCCCCCC=C. The highest BCUT2D eigenvalue weighted by atomic mass is 33.1. The summed E-state index contributed by atoms with van der Waals surface area (Å²) in [5.41, 5.74) is 0. The van der Waals surface area contributed by atoms with Gasteiger partial charge < -0.3 is 0 Å². The van der Waals surface area contributed by atoms with E-state index in [9.17, 15) is 0 Å². The summed E-state index contributed by atoms with van der Waals surface area (Å²) in [7, 11) is 4.09. The van der Waals surface area contributed by atoms with Crippen LogP contribution in [0.25, 0.3) is 0 Å². The molecule has 0 rings (SSSR count). The normalized spacial score (nSPS) is 10.2. The lowest BCUT2D eigenvalue weighted by Crippen LogP contribution is -1.81. The minimum Gasteiger partial charge on any atom is -0.103 e. The van der Waals surface area contributed by atoms with E-state index in [-0.39, 0.29) is 0 Å². The largest absolute Gasteiger partial charge is 0.103 e. The first-order valence-corrected chi connectivity index (χ1v) is 8.87. The number of allylic oxidation sites excluding steroid dienone is 2. The predicted molar refractivity (Wildman–Crippen MR) is 82.2 cm³/mol. The molecule has 0 spiro atoms. The molecule has 0 atom stereocenters. The fraction of sp³-hybridized carbons (Fsp3) is 0.714. The van der Waals surface area contributed by atoms with Gasteiger partial charge in [0.2, 0.25) is 0 Å². The Balaban J connectivity index is 2.87. The van der Waals surface area contributed by atoms with Crippen molar-refractivity contribution < 1.29 is 0 Å². The highest BCUT2D eigenvalue weighted by molar-refractivity contribution is 8.76. The molecule has 0 aromatic carbocycles. The fourth-order valence-corrected chi connectivity index (χ4v) is 3.66. The van der Waals surface area contributed by atoms with Gasteiger partial charge in [0.25, 0.3) is 0 Å². The van der Waals surface area contributed by atoms with Gasteiger partial charge in [0, 0.05) is 11.5 Å². The van der Waals surface area contributed by atoms with Crippen LogP contribution in [-0.4, -0.2) is 11.5 Å². The maximum absolute atomic E-state index is 3.73. The third-order valence-corrected chi connectivity index (χ3v) is 4.93. The van der Waals surface area contributed by atoms with Crippen molar-refractivity contribution in [1.29, 1.82) is 0 Å². The van der Waals surface area contributed by atoms with Crippen LogP contribution < -0.4 is 0 Å². The van der Waals surface area contributed by atoms with Crippen LogP contribution in [0.15, 0.2) is 25.3 Å². The highest BCUT2D eigenvalue weighted by Crippen LogP contribution is 2.24. The van der Waals surface area contributed by atoms with Gasteiger partial charge in [0.1, 0.15) is 0 Å². The van der Waals surface area contributed by atoms with Crippen molar-refractivity contribution in [2.45, 2.75) is 51.4 Å².